The monoisotopic (exact) mass is 257 g/mol. The molecule has 1 heterocycles. The van der Waals surface area contributed by atoms with Gasteiger partial charge in [0.2, 0.25) is 0 Å². The summed E-state index contributed by atoms with van der Waals surface area (Å²) in [6, 6.07) is 3.54. The van der Waals surface area contributed by atoms with Crippen molar-refractivity contribution < 1.29 is 4.74 Å². The van der Waals surface area contributed by atoms with Gasteiger partial charge in [-0.3, -0.25) is 0 Å². The Morgan fingerprint density at radius 2 is 2.00 bits per heavy atom. The summed E-state index contributed by atoms with van der Waals surface area (Å²) in [7, 11) is 1.82. The van der Waals surface area contributed by atoms with E-state index in [4.69, 9.17) is 33.7 Å². The first-order valence-corrected chi connectivity index (χ1v) is 5.23. The van der Waals surface area contributed by atoms with E-state index in [0.717, 1.165) is 0 Å². The van der Waals surface area contributed by atoms with E-state index in [1.165, 1.54) is 0 Å². The molecular formula is C10H9Cl2N3O. The summed E-state index contributed by atoms with van der Waals surface area (Å²) in [6.07, 6.45) is 3.39. The van der Waals surface area contributed by atoms with Crippen LogP contribution in [-0.2, 0) is 7.05 Å². The van der Waals surface area contributed by atoms with E-state index < -0.39 is 0 Å². The van der Waals surface area contributed by atoms with E-state index in [1.807, 2.05) is 7.05 Å². The van der Waals surface area contributed by atoms with Crippen molar-refractivity contribution in [2.45, 2.75) is 0 Å². The summed E-state index contributed by atoms with van der Waals surface area (Å²) in [6.45, 7) is 0. The highest BCUT2D eigenvalue weighted by Crippen LogP contribution is 2.34. The fourth-order valence-corrected chi connectivity index (χ4v) is 1.51. The van der Waals surface area contributed by atoms with Gasteiger partial charge >= 0.3 is 6.01 Å². The minimum absolute atomic E-state index is 0.389. The fourth-order valence-electron chi connectivity index (χ4n) is 1.18. The molecule has 0 aliphatic heterocycles. The minimum Gasteiger partial charge on any atom is -0.423 e. The molecule has 2 rings (SSSR count). The second-order valence-corrected chi connectivity index (χ2v) is 4.04. The zero-order chi connectivity index (χ0) is 11.7. The first-order valence-electron chi connectivity index (χ1n) is 4.47. The molecule has 0 saturated heterocycles. The second kappa shape index (κ2) is 4.23. The summed E-state index contributed by atoms with van der Waals surface area (Å²) in [4.78, 5) is 4.01. The smallest absolute Gasteiger partial charge is 0.301 e. The van der Waals surface area contributed by atoms with Crippen LogP contribution in [0, 0.1) is 0 Å². The first-order chi connectivity index (χ1) is 7.58. The Labute approximate surface area is 103 Å². The number of benzene rings is 1. The predicted molar refractivity (Wildman–Crippen MR) is 64.2 cm³/mol. The Hall–Kier alpha value is -1.39. The lowest BCUT2D eigenvalue weighted by Crippen LogP contribution is -1.97. The molecule has 0 atom stereocenters. The molecule has 0 aliphatic rings. The van der Waals surface area contributed by atoms with Crippen molar-refractivity contribution in [3.63, 3.8) is 0 Å². The van der Waals surface area contributed by atoms with Crippen LogP contribution in [0.1, 0.15) is 0 Å². The van der Waals surface area contributed by atoms with Crippen molar-refractivity contribution in [2.75, 3.05) is 5.73 Å². The zero-order valence-electron chi connectivity index (χ0n) is 8.45. The van der Waals surface area contributed by atoms with Gasteiger partial charge in [-0.25, -0.2) is 4.98 Å². The number of anilines is 1. The van der Waals surface area contributed by atoms with Crippen LogP contribution < -0.4 is 10.5 Å². The van der Waals surface area contributed by atoms with Crippen molar-refractivity contribution >= 4 is 28.9 Å². The summed E-state index contributed by atoms with van der Waals surface area (Å²) >= 11 is 11.7. The lowest BCUT2D eigenvalue weighted by molar-refractivity contribution is 0.427. The van der Waals surface area contributed by atoms with Gasteiger partial charge in [-0.05, 0) is 6.07 Å². The van der Waals surface area contributed by atoms with Crippen molar-refractivity contribution in [1.82, 2.24) is 9.55 Å². The van der Waals surface area contributed by atoms with E-state index in [2.05, 4.69) is 4.98 Å². The number of rotatable bonds is 2. The number of ether oxygens (including phenoxy) is 1. The van der Waals surface area contributed by atoms with E-state index in [9.17, 15) is 0 Å². The summed E-state index contributed by atoms with van der Waals surface area (Å²) < 4.78 is 7.22. The van der Waals surface area contributed by atoms with Crippen LogP contribution in [0.5, 0.6) is 11.8 Å². The number of nitrogens with two attached hydrogens (primary N) is 1. The summed E-state index contributed by atoms with van der Waals surface area (Å²) in [5.74, 6) is 0.434. The topological polar surface area (TPSA) is 53.1 Å². The maximum atomic E-state index is 5.87. The molecule has 1 aromatic carbocycles. The van der Waals surface area contributed by atoms with Gasteiger partial charge in [0.1, 0.15) is 0 Å². The molecule has 84 valence electrons. The number of hydrogen-bond donors (Lipinski definition) is 1. The molecule has 0 unspecified atom stereocenters. The van der Waals surface area contributed by atoms with Gasteiger partial charge in [-0.1, -0.05) is 23.2 Å². The molecule has 0 fully saturated rings. The molecule has 0 radical (unpaired) electrons. The van der Waals surface area contributed by atoms with Crippen LogP contribution in [0.3, 0.4) is 0 Å². The Morgan fingerprint density at radius 3 is 2.62 bits per heavy atom. The number of nitrogen functional groups attached to an aromatic ring is 1. The highest BCUT2D eigenvalue weighted by atomic mass is 35.5. The first kappa shape index (κ1) is 11.1. The molecule has 4 nitrogen and oxygen atoms in total. The summed E-state index contributed by atoms with van der Waals surface area (Å²) in [5, 5.41) is 0.784. The Bertz CT molecular complexity index is 525. The number of nitrogens with zero attached hydrogens (tertiary/aromatic N) is 2. The third-order valence-electron chi connectivity index (χ3n) is 2.03. The fraction of sp³-hybridized carbons (Fsp3) is 0.100. The standard InChI is InChI=1S/C10H9Cl2N3O/c1-15-3-2-14-10(15)16-9-5-7(12)6(11)4-8(9)13/h2-5H,13H2,1H3. The van der Waals surface area contributed by atoms with Crippen LogP contribution in [0.2, 0.25) is 10.0 Å². The number of hydrogen-bond acceptors (Lipinski definition) is 3. The Balaban J connectivity index is 2.35. The van der Waals surface area contributed by atoms with Crippen LogP contribution in [-0.4, -0.2) is 9.55 Å². The number of imidazole rings is 1. The molecule has 2 aromatic rings. The van der Waals surface area contributed by atoms with E-state index >= 15 is 0 Å². The van der Waals surface area contributed by atoms with Crippen LogP contribution >= 0.6 is 23.2 Å². The second-order valence-electron chi connectivity index (χ2n) is 3.23. The van der Waals surface area contributed by atoms with Crippen LogP contribution in [0.25, 0.3) is 0 Å². The van der Waals surface area contributed by atoms with Crippen LogP contribution in [0.15, 0.2) is 24.5 Å². The van der Waals surface area contributed by atoms with E-state index in [1.54, 1.807) is 29.1 Å². The molecular weight excluding hydrogens is 249 g/mol. The molecule has 0 amide bonds. The van der Waals surface area contributed by atoms with Gasteiger partial charge in [0.15, 0.2) is 5.75 Å². The molecule has 0 bridgehead atoms. The zero-order valence-corrected chi connectivity index (χ0v) is 9.96. The number of aryl methyl sites for hydroxylation is 1. The van der Waals surface area contributed by atoms with E-state index in [-0.39, 0.29) is 0 Å². The largest absolute Gasteiger partial charge is 0.423 e. The molecule has 16 heavy (non-hydrogen) atoms. The van der Waals surface area contributed by atoms with Crippen LogP contribution in [0.4, 0.5) is 5.69 Å². The Morgan fingerprint density at radius 1 is 1.31 bits per heavy atom. The lowest BCUT2D eigenvalue weighted by atomic mass is 10.3. The molecule has 6 heteroatoms. The van der Waals surface area contributed by atoms with Gasteiger partial charge < -0.3 is 15.0 Å². The SMILES string of the molecule is Cn1ccnc1Oc1cc(Cl)c(Cl)cc1N. The highest BCUT2D eigenvalue weighted by molar-refractivity contribution is 6.42. The van der Waals surface area contributed by atoms with Crippen molar-refractivity contribution in [1.29, 1.82) is 0 Å². The van der Waals surface area contributed by atoms with Gasteiger partial charge in [0, 0.05) is 25.5 Å². The van der Waals surface area contributed by atoms with Gasteiger partial charge in [0.25, 0.3) is 0 Å². The van der Waals surface area contributed by atoms with Crippen molar-refractivity contribution in [3.05, 3.63) is 34.6 Å². The molecule has 2 N–H and O–H groups in total. The normalized spacial score (nSPS) is 10.4. The maximum Gasteiger partial charge on any atom is 0.301 e. The third-order valence-corrected chi connectivity index (χ3v) is 2.75. The predicted octanol–water partition coefficient (Wildman–Crippen LogP) is 3.10. The molecule has 0 saturated carbocycles. The summed E-state index contributed by atoms with van der Waals surface area (Å²) in [5.41, 5.74) is 6.17. The maximum absolute atomic E-state index is 5.87. The number of halogens is 2. The van der Waals surface area contributed by atoms with E-state index in [0.29, 0.717) is 27.5 Å². The average molecular weight is 258 g/mol. The average Bonchev–Trinajstić information content (AvgIpc) is 2.61. The number of aromatic nitrogens is 2. The minimum atomic E-state index is 0.389. The van der Waals surface area contributed by atoms with Gasteiger partial charge in [0.05, 0.1) is 15.7 Å². The highest BCUT2D eigenvalue weighted by Gasteiger charge is 2.09. The third kappa shape index (κ3) is 2.08. The molecule has 1 aromatic heterocycles. The molecule has 0 aliphatic carbocycles. The quantitative estimate of drug-likeness (QED) is 0.842. The Kier molecular flexibility index (Phi) is 2.94. The lowest BCUT2D eigenvalue weighted by Gasteiger charge is -2.08. The van der Waals surface area contributed by atoms with Gasteiger partial charge in [-0.15, -0.1) is 0 Å². The van der Waals surface area contributed by atoms with Crippen molar-refractivity contribution in [2.24, 2.45) is 7.05 Å². The van der Waals surface area contributed by atoms with Crippen molar-refractivity contribution in [3.8, 4) is 11.8 Å². The molecule has 0 spiro atoms. The van der Waals surface area contributed by atoms with Gasteiger partial charge in [-0.2, -0.15) is 0 Å².